The Morgan fingerprint density at radius 1 is 1.27 bits per heavy atom. The SMILES string of the molecule is COc1ccc(/C=N/Nc2nnc(SCC(=O)Nc3ccc(Cl)cc3Cl)n2N)cc1. The number of hydrogen-bond donors (Lipinski definition) is 3. The number of hydrazone groups is 1. The summed E-state index contributed by atoms with van der Waals surface area (Å²) in [5, 5.41) is 15.8. The van der Waals surface area contributed by atoms with Crippen LogP contribution in [0.15, 0.2) is 52.7 Å². The minimum atomic E-state index is -0.278. The van der Waals surface area contributed by atoms with Gasteiger partial charge in [0.25, 0.3) is 5.95 Å². The average molecular weight is 466 g/mol. The Hall–Kier alpha value is -2.95. The molecular weight excluding hydrogens is 449 g/mol. The van der Waals surface area contributed by atoms with Crippen LogP contribution < -0.4 is 21.3 Å². The molecule has 156 valence electrons. The molecule has 12 heteroatoms. The molecule has 4 N–H and O–H groups in total. The van der Waals surface area contributed by atoms with Crippen molar-refractivity contribution >= 4 is 58.7 Å². The van der Waals surface area contributed by atoms with Crippen molar-refractivity contribution in [1.82, 2.24) is 14.9 Å². The van der Waals surface area contributed by atoms with Crippen molar-refractivity contribution in [3.8, 4) is 5.75 Å². The molecule has 0 spiro atoms. The van der Waals surface area contributed by atoms with Gasteiger partial charge >= 0.3 is 0 Å². The lowest BCUT2D eigenvalue weighted by molar-refractivity contribution is -0.113. The zero-order chi connectivity index (χ0) is 21.5. The fourth-order valence-corrected chi connectivity index (χ4v) is 3.33. The van der Waals surface area contributed by atoms with E-state index in [9.17, 15) is 4.79 Å². The first-order chi connectivity index (χ1) is 14.5. The minimum absolute atomic E-state index is 0.0589. The van der Waals surface area contributed by atoms with Crippen LogP contribution >= 0.6 is 35.0 Å². The highest BCUT2D eigenvalue weighted by Gasteiger charge is 2.13. The number of methoxy groups -OCH3 is 1. The van der Waals surface area contributed by atoms with E-state index < -0.39 is 0 Å². The van der Waals surface area contributed by atoms with Crippen LogP contribution in [0, 0.1) is 0 Å². The van der Waals surface area contributed by atoms with Crippen molar-refractivity contribution in [2.45, 2.75) is 5.16 Å². The molecule has 2 aromatic carbocycles. The van der Waals surface area contributed by atoms with E-state index in [4.69, 9.17) is 33.8 Å². The molecule has 0 fully saturated rings. The normalized spacial score (nSPS) is 10.9. The first-order valence-corrected chi connectivity index (χ1v) is 10.2. The molecule has 0 saturated carbocycles. The molecule has 0 aliphatic carbocycles. The summed E-state index contributed by atoms with van der Waals surface area (Å²) in [4.78, 5) is 12.1. The molecule has 0 unspecified atom stereocenters. The maximum Gasteiger partial charge on any atom is 0.264 e. The van der Waals surface area contributed by atoms with E-state index >= 15 is 0 Å². The molecule has 0 bridgehead atoms. The van der Waals surface area contributed by atoms with Crippen LogP contribution in [-0.4, -0.2) is 39.9 Å². The molecule has 30 heavy (non-hydrogen) atoms. The van der Waals surface area contributed by atoms with E-state index in [-0.39, 0.29) is 17.6 Å². The Morgan fingerprint density at radius 3 is 2.73 bits per heavy atom. The second-order valence-corrected chi connectivity index (χ2v) is 7.57. The van der Waals surface area contributed by atoms with Gasteiger partial charge in [-0.2, -0.15) is 5.10 Å². The van der Waals surface area contributed by atoms with Crippen LogP contribution in [0.2, 0.25) is 10.0 Å². The Labute approximate surface area is 186 Å². The average Bonchev–Trinajstić information content (AvgIpc) is 3.09. The molecule has 3 aromatic rings. The van der Waals surface area contributed by atoms with Gasteiger partial charge in [-0.3, -0.25) is 4.79 Å². The number of carbonyl (C=O) groups is 1. The monoisotopic (exact) mass is 465 g/mol. The molecule has 0 radical (unpaired) electrons. The largest absolute Gasteiger partial charge is 0.497 e. The number of thioether (sulfide) groups is 1. The number of nitrogens with zero attached hydrogens (tertiary/aromatic N) is 4. The van der Waals surface area contributed by atoms with Crippen molar-refractivity contribution in [3.63, 3.8) is 0 Å². The number of aromatic nitrogens is 3. The summed E-state index contributed by atoms with van der Waals surface area (Å²) < 4.78 is 6.31. The number of halogens is 2. The summed E-state index contributed by atoms with van der Waals surface area (Å²) in [6.45, 7) is 0. The van der Waals surface area contributed by atoms with Crippen LogP contribution in [0.25, 0.3) is 0 Å². The second kappa shape index (κ2) is 10.2. The van der Waals surface area contributed by atoms with Crippen LogP contribution in [-0.2, 0) is 4.79 Å². The van der Waals surface area contributed by atoms with Crippen molar-refractivity contribution in [2.24, 2.45) is 5.10 Å². The molecule has 0 aliphatic rings. The number of benzene rings is 2. The summed E-state index contributed by atoms with van der Waals surface area (Å²) >= 11 is 13.0. The molecule has 1 amide bonds. The number of ether oxygens (including phenoxy) is 1. The third-order valence-electron chi connectivity index (χ3n) is 3.70. The molecule has 1 aromatic heterocycles. The third kappa shape index (κ3) is 5.78. The van der Waals surface area contributed by atoms with Gasteiger partial charge < -0.3 is 15.9 Å². The number of rotatable bonds is 8. The maximum atomic E-state index is 12.1. The van der Waals surface area contributed by atoms with E-state index in [1.807, 2.05) is 24.3 Å². The molecular formula is C18H17Cl2N7O2S. The molecule has 1 heterocycles. The summed E-state index contributed by atoms with van der Waals surface area (Å²) in [5.41, 5.74) is 4.04. The molecule has 3 rings (SSSR count). The predicted octanol–water partition coefficient (Wildman–Crippen LogP) is 3.48. The van der Waals surface area contributed by atoms with E-state index in [2.05, 4.69) is 26.0 Å². The van der Waals surface area contributed by atoms with Crippen molar-refractivity contribution in [1.29, 1.82) is 0 Å². The number of nitrogen functional groups attached to an aromatic ring is 1. The van der Waals surface area contributed by atoms with Crippen molar-refractivity contribution < 1.29 is 9.53 Å². The number of nitrogens with one attached hydrogen (secondary N) is 2. The predicted molar refractivity (Wildman–Crippen MR) is 120 cm³/mol. The van der Waals surface area contributed by atoms with E-state index in [0.717, 1.165) is 23.1 Å². The Kier molecular flexibility index (Phi) is 7.39. The van der Waals surface area contributed by atoms with Gasteiger partial charge in [0.15, 0.2) is 0 Å². The number of carbonyl (C=O) groups excluding carboxylic acids is 1. The maximum absolute atomic E-state index is 12.1. The van der Waals surface area contributed by atoms with Crippen molar-refractivity contribution in [3.05, 3.63) is 58.1 Å². The van der Waals surface area contributed by atoms with Gasteiger partial charge in [0.05, 0.1) is 29.8 Å². The highest BCUT2D eigenvalue weighted by molar-refractivity contribution is 7.99. The second-order valence-electron chi connectivity index (χ2n) is 5.78. The number of hydrogen-bond acceptors (Lipinski definition) is 8. The van der Waals surface area contributed by atoms with Gasteiger partial charge in [-0.25, -0.2) is 10.1 Å². The fourth-order valence-electron chi connectivity index (χ4n) is 2.21. The fraction of sp³-hybridized carbons (Fsp3) is 0.111. The number of nitrogens with two attached hydrogens (primary N) is 1. The summed E-state index contributed by atoms with van der Waals surface area (Å²) in [5.74, 6) is 6.71. The van der Waals surface area contributed by atoms with Crippen LogP contribution in [0.5, 0.6) is 5.75 Å². The minimum Gasteiger partial charge on any atom is -0.497 e. The number of anilines is 2. The van der Waals surface area contributed by atoms with Gasteiger partial charge in [0.1, 0.15) is 5.75 Å². The first-order valence-electron chi connectivity index (χ1n) is 8.47. The van der Waals surface area contributed by atoms with Crippen LogP contribution in [0.4, 0.5) is 11.6 Å². The standard InChI is InChI=1S/C18H17Cl2N7O2S/c1-29-13-5-2-11(3-6-13)9-22-24-17-25-26-18(27(17)21)30-10-16(28)23-15-7-4-12(19)8-14(15)20/h2-9H,10,21H2,1H3,(H,23,28)(H,24,25)/b22-9+. The molecule has 0 aliphatic heterocycles. The smallest absolute Gasteiger partial charge is 0.264 e. The quantitative estimate of drug-likeness (QED) is 0.201. The first kappa shape index (κ1) is 21.8. The van der Waals surface area contributed by atoms with E-state index in [1.54, 1.807) is 31.5 Å². The Morgan fingerprint density at radius 2 is 2.03 bits per heavy atom. The Bertz CT molecular complexity index is 1060. The van der Waals surface area contributed by atoms with E-state index in [1.165, 1.54) is 4.68 Å². The lowest BCUT2D eigenvalue weighted by atomic mass is 10.2. The van der Waals surface area contributed by atoms with Gasteiger partial charge in [-0.05, 0) is 48.0 Å². The lowest BCUT2D eigenvalue weighted by Gasteiger charge is -2.07. The Balaban J connectivity index is 1.53. The number of amides is 1. The van der Waals surface area contributed by atoms with Crippen LogP contribution in [0.3, 0.4) is 0 Å². The topological polar surface area (TPSA) is 119 Å². The summed E-state index contributed by atoms with van der Waals surface area (Å²) in [6, 6.07) is 12.2. The third-order valence-corrected chi connectivity index (χ3v) is 5.19. The van der Waals surface area contributed by atoms with E-state index in [0.29, 0.717) is 20.9 Å². The lowest BCUT2D eigenvalue weighted by Crippen LogP contribution is -2.17. The van der Waals surface area contributed by atoms with Crippen molar-refractivity contribution in [2.75, 3.05) is 29.4 Å². The van der Waals surface area contributed by atoms with Gasteiger partial charge in [0, 0.05) is 5.02 Å². The van der Waals surface area contributed by atoms with Gasteiger partial charge in [-0.1, -0.05) is 35.0 Å². The molecule has 0 saturated heterocycles. The zero-order valence-electron chi connectivity index (χ0n) is 15.7. The molecule has 0 atom stereocenters. The summed E-state index contributed by atoms with van der Waals surface area (Å²) in [7, 11) is 1.60. The van der Waals surface area contributed by atoms with Gasteiger partial charge in [-0.15, -0.1) is 10.2 Å². The van der Waals surface area contributed by atoms with Crippen LogP contribution in [0.1, 0.15) is 5.56 Å². The molecule has 9 nitrogen and oxygen atoms in total. The highest BCUT2D eigenvalue weighted by atomic mass is 35.5. The summed E-state index contributed by atoms with van der Waals surface area (Å²) in [6.07, 6.45) is 1.60. The zero-order valence-corrected chi connectivity index (χ0v) is 18.0. The highest BCUT2D eigenvalue weighted by Crippen LogP contribution is 2.26. The van der Waals surface area contributed by atoms with Gasteiger partial charge in [0.2, 0.25) is 11.1 Å².